The zero-order valence-electron chi connectivity index (χ0n) is 12.3. The molecule has 2 rings (SSSR count). The van der Waals surface area contributed by atoms with Gasteiger partial charge in [-0.3, -0.25) is 0 Å². The minimum absolute atomic E-state index is 0.247. The van der Waals surface area contributed by atoms with E-state index in [1.54, 1.807) is 24.3 Å². The fourth-order valence-electron chi connectivity index (χ4n) is 2.30. The SMILES string of the molecule is CCCCCC=C(c1ccc(F)cc1)c1ccc(F)cc1. The molecule has 0 atom stereocenters. The fourth-order valence-corrected chi connectivity index (χ4v) is 2.30. The molecule has 110 valence electrons. The van der Waals surface area contributed by atoms with E-state index in [2.05, 4.69) is 13.0 Å². The van der Waals surface area contributed by atoms with Crippen LogP contribution >= 0.6 is 0 Å². The van der Waals surface area contributed by atoms with E-state index in [0.717, 1.165) is 29.5 Å². The lowest BCUT2D eigenvalue weighted by Crippen LogP contribution is -1.90. The van der Waals surface area contributed by atoms with Crippen molar-refractivity contribution in [3.63, 3.8) is 0 Å². The maximum absolute atomic E-state index is 13.1. The van der Waals surface area contributed by atoms with E-state index in [0.29, 0.717) is 0 Å². The molecule has 0 saturated heterocycles. The second-order valence-electron chi connectivity index (χ2n) is 5.13. The Morgan fingerprint density at radius 2 is 1.29 bits per heavy atom. The van der Waals surface area contributed by atoms with Crippen LogP contribution in [-0.2, 0) is 0 Å². The topological polar surface area (TPSA) is 0 Å². The van der Waals surface area contributed by atoms with Gasteiger partial charge in [-0.15, -0.1) is 0 Å². The largest absolute Gasteiger partial charge is 0.207 e. The van der Waals surface area contributed by atoms with E-state index in [-0.39, 0.29) is 11.6 Å². The van der Waals surface area contributed by atoms with E-state index in [4.69, 9.17) is 0 Å². The van der Waals surface area contributed by atoms with Crippen molar-refractivity contribution in [3.05, 3.63) is 77.4 Å². The first-order valence-electron chi connectivity index (χ1n) is 7.42. The molecule has 0 aliphatic carbocycles. The Balaban J connectivity index is 2.29. The normalized spacial score (nSPS) is 10.4. The standard InChI is InChI=1S/C19H20F2/c1-2-3-4-5-6-19(15-7-11-17(20)12-8-15)16-9-13-18(21)14-10-16/h6-14H,2-5H2,1H3. The van der Waals surface area contributed by atoms with Gasteiger partial charge in [-0.05, 0) is 53.8 Å². The van der Waals surface area contributed by atoms with Crippen LogP contribution in [0, 0.1) is 11.6 Å². The molecule has 0 aliphatic heterocycles. The molecule has 2 heteroatoms. The number of allylic oxidation sites excluding steroid dienone is 1. The van der Waals surface area contributed by atoms with Crippen LogP contribution in [0.5, 0.6) is 0 Å². The van der Waals surface area contributed by atoms with Crippen molar-refractivity contribution in [2.24, 2.45) is 0 Å². The molecule has 2 aromatic rings. The van der Waals surface area contributed by atoms with Gasteiger partial charge in [0, 0.05) is 0 Å². The molecule has 0 aromatic heterocycles. The zero-order chi connectivity index (χ0) is 15.1. The van der Waals surface area contributed by atoms with Gasteiger partial charge in [0.2, 0.25) is 0 Å². The lowest BCUT2D eigenvalue weighted by molar-refractivity contribution is 0.627. The fraction of sp³-hybridized carbons (Fsp3) is 0.263. The smallest absolute Gasteiger partial charge is 0.123 e. The van der Waals surface area contributed by atoms with E-state index in [1.807, 2.05) is 0 Å². The molecule has 0 fully saturated rings. The summed E-state index contributed by atoms with van der Waals surface area (Å²) >= 11 is 0. The minimum atomic E-state index is -0.247. The Hall–Kier alpha value is -1.96. The second kappa shape index (κ2) is 7.72. The summed E-state index contributed by atoms with van der Waals surface area (Å²) in [4.78, 5) is 0. The minimum Gasteiger partial charge on any atom is -0.207 e. The molecule has 0 N–H and O–H groups in total. The third kappa shape index (κ3) is 4.52. The van der Waals surface area contributed by atoms with Crippen LogP contribution in [0.15, 0.2) is 54.6 Å². The molecule has 0 unspecified atom stereocenters. The third-order valence-corrected chi connectivity index (χ3v) is 3.47. The highest BCUT2D eigenvalue weighted by molar-refractivity contribution is 5.79. The van der Waals surface area contributed by atoms with Crippen molar-refractivity contribution >= 4 is 5.57 Å². The van der Waals surface area contributed by atoms with Crippen LogP contribution in [0.3, 0.4) is 0 Å². The van der Waals surface area contributed by atoms with Crippen LogP contribution in [0.1, 0.15) is 43.7 Å². The lowest BCUT2D eigenvalue weighted by Gasteiger charge is -2.09. The lowest BCUT2D eigenvalue weighted by atomic mass is 9.96. The van der Waals surface area contributed by atoms with Crippen molar-refractivity contribution in [2.45, 2.75) is 32.6 Å². The maximum atomic E-state index is 13.1. The molecule has 0 amide bonds. The number of rotatable bonds is 6. The van der Waals surface area contributed by atoms with Crippen LogP contribution in [0.25, 0.3) is 5.57 Å². The van der Waals surface area contributed by atoms with Crippen molar-refractivity contribution in [3.8, 4) is 0 Å². The van der Waals surface area contributed by atoms with Crippen LogP contribution < -0.4 is 0 Å². The Labute approximate surface area is 125 Å². The third-order valence-electron chi connectivity index (χ3n) is 3.47. The molecule has 0 radical (unpaired) electrons. The molecule has 0 heterocycles. The van der Waals surface area contributed by atoms with Crippen LogP contribution in [0.4, 0.5) is 8.78 Å². The monoisotopic (exact) mass is 286 g/mol. The number of hydrogen-bond donors (Lipinski definition) is 0. The summed E-state index contributed by atoms with van der Waals surface area (Å²) in [6.45, 7) is 2.17. The highest BCUT2D eigenvalue weighted by atomic mass is 19.1. The summed E-state index contributed by atoms with van der Waals surface area (Å²) in [6, 6.07) is 12.9. The van der Waals surface area contributed by atoms with Gasteiger partial charge >= 0.3 is 0 Å². The van der Waals surface area contributed by atoms with Crippen molar-refractivity contribution in [2.75, 3.05) is 0 Å². The summed E-state index contributed by atoms with van der Waals surface area (Å²) in [7, 11) is 0. The predicted octanol–water partition coefficient (Wildman–Crippen LogP) is 5.98. The highest BCUT2D eigenvalue weighted by Crippen LogP contribution is 2.25. The van der Waals surface area contributed by atoms with Crippen molar-refractivity contribution in [1.29, 1.82) is 0 Å². The quantitative estimate of drug-likeness (QED) is 0.573. The number of unbranched alkanes of at least 4 members (excludes halogenated alkanes) is 3. The summed E-state index contributed by atoms with van der Waals surface area (Å²) in [6.07, 6.45) is 6.63. The number of benzene rings is 2. The van der Waals surface area contributed by atoms with E-state index in [9.17, 15) is 8.78 Å². The Morgan fingerprint density at radius 1 is 0.810 bits per heavy atom. The molecule has 2 aromatic carbocycles. The number of hydrogen-bond acceptors (Lipinski definition) is 0. The molecular weight excluding hydrogens is 266 g/mol. The summed E-state index contributed by atoms with van der Waals surface area (Å²) in [5.74, 6) is -0.494. The summed E-state index contributed by atoms with van der Waals surface area (Å²) < 4.78 is 26.2. The van der Waals surface area contributed by atoms with Crippen molar-refractivity contribution < 1.29 is 8.78 Å². The zero-order valence-corrected chi connectivity index (χ0v) is 12.3. The van der Waals surface area contributed by atoms with Crippen molar-refractivity contribution in [1.82, 2.24) is 0 Å². The Morgan fingerprint density at radius 3 is 1.71 bits per heavy atom. The van der Waals surface area contributed by atoms with Gasteiger partial charge in [0.25, 0.3) is 0 Å². The predicted molar refractivity (Wildman–Crippen MR) is 84.0 cm³/mol. The first kappa shape index (κ1) is 15.4. The van der Waals surface area contributed by atoms with Gasteiger partial charge < -0.3 is 0 Å². The average molecular weight is 286 g/mol. The van der Waals surface area contributed by atoms with Gasteiger partial charge in [0.05, 0.1) is 0 Å². The maximum Gasteiger partial charge on any atom is 0.123 e. The van der Waals surface area contributed by atoms with Crippen LogP contribution in [0.2, 0.25) is 0 Å². The van der Waals surface area contributed by atoms with Crippen LogP contribution in [-0.4, -0.2) is 0 Å². The molecule has 0 aliphatic rings. The Kier molecular flexibility index (Phi) is 5.68. The first-order valence-corrected chi connectivity index (χ1v) is 7.42. The molecule has 0 bridgehead atoms. The van der Waals surface area contributed by atoms with Gasteiger partial charge in [0.1, 0.15) is 11.6 Å². The van der Waals surface area contributed by atoms with E-state index in [1.165, 1.54) is 37.1 Å². The summed E-state index contributed by atoms with van der Waals surface area (Å²) in [5.41, 5.74) is 2.95. The molecule has 0 saturated carbocycles. The molecule has 0 nitrogen and oxygen atoms in total. The molecule has 21 heavy (non-hydrogen) atoms. The number of halogens is 2. The Bertz CT molecular complexity index is 532. The van der Waals surface area contributed by atoms with Gasteiger partial charge in [-0.2, -0.15) is 0 Å². The second-order valence-corrected chi connectivity index (χ2v) is 5.13. The first-order chi connectivity index (χ1) is 10.2. The van der Waals surface area contributed by atoms with E-state index >= 15 is 0 Å². The van der Waals surface area contributed by atoms with E-state index < -0.39 is 0 Å². The van der Waals surface area contributed by atoms with Gasteiger partial charge in [0.15, 0.2) is 0 Å². The molecular formula is C19H20F2. The van der Waals surface area contributed by atoms with Gasteiger partial charge in [-0.25, -0.2) is 8.78 Å². The average Bonchev–Trinajstić information content (AvgIpc) is 2.50. The summed E-state index contributed by atoms with van der Waals surface area (Å²) in [5, 5.41) is 0. The van der Waals surface area contributed by atoms with Gasteiger partial charge in [-0.1, -0.05) is 50.1 Å². The molecule has 0 spiro atoms. The highest BCUT2D eigenvalue weighted by Gasteiger charge is 2.05.